The number of halogens is 2. The summed E-state index contributed by atoms with van der Waals surface area (Å²) in [7, 11) is 10.7. The Hall–Kier alpha value is 0.800. The van der Waals surface area contributed by atoms with Crippen molar-refractivity contribution in [1.29, 1.82) is 0 Å². The summed E-state index contributed by atoms with van der Waals surface area (Å²) in [5.74, 6) is 0.503. The van der Waals surface area contributed by atoms with Crippen LogP contribution < -0.4 is 0 Å². The van der Waals surface area contributed by atoms with Gasteiger partial charge in [0.2, 0.25) is 0 Å². The predicted octanol–water partition coefficient (Wildman–Crippen LogP) is 4.04. The number of hydrogen-bond acceptors (Lipinski definition) is 4. The van der Waals surface area contributed by atoms with Crippen molar-refractivity contribution in [3.63, 3.8) is 0 Å². The highest BCUT2D eigenvalue weighted by molar-refractivity contribution is 8.89. The van der Waals surface area contributed by atoms with Crippen molar-refractivity contribution in [2.75, 3.05) is 34.1 Å². The Labute approximate surface area is 132 Å². The maximum Gasteiger partial charge on any atom is 0.146 e. The van der Waals surface area contributed by atoms with Gasteiger partial charge in [0.1, 0.15) is 8.64 Å². The topological polar surface area (TPSA) is 6.48 Å². The van der Waals surface area contributed by atoms with E-state index in [0.29, 0.717) is 5.88 Å². The molecule has 0 amide bonds. The monoisotopic (exact) mass is 350 g/mol. The summed E-state index contributed by atoms with van der Waals surface area (Å²) in [6.45, 7) is 0. The first-order valence-electron chi connectivity index (χ1n) is 4.45. The summed E-state index contributed by atoms with van der Waals surface area (Å²) in [6.07, 6.45) is 1.66. The third-order valence-electron chi connectivity index (χ3n) is 1.09. The van der Waals surface area contributed by atoms with E-state index >= 15 is 0 Å². The highest BCUT2D eigenvalue weighted by Crippen LogP contribution is 2.26. The van der Waals surface area contributed by atoms with Gasteiger partial charge in [0, 0.05) is 39.6 Å². The Kier molecular flexibility index (Phi) is 15.7. The van der Waals surface area contributed by atoms with Crippen LogP contribution in [0.2, 0.25) is 0 Å². The minimum Gasteiger partial charge on any atom is -0.363 e. The van der Waals surface area contributed by atoms with Crippen LogP contribution in [0.1, 0.15) is 0 Å². The molecule has 0 saturated carbocycles. The van der Waals surface area contributed by atoms with E-state index in [0.717, 1.165) is 8.64 Å². The van der Waals surface area contributed by atoms with Crippen LogP contribution in [0.5, 0.6) is 0 Å². The normalized spacial score (nSPS) is 9.53. The van der Waals surface area contributed by atoms with Gasteiger partial charge in [-0.1, -0.05) is 42.1 Å². The van der Waals surface area contributed by atoms with Crippen LogP contribution in [0.3, 0.4) is 0 Å². The lowest BCUT2D eigenvalue weighted by Gasteiger charge is -2.15. The van der Waals surface area contributed by atoms with Crippen LogP contribution in [0, 0.1) is 0 Å². The molecule has 0 atom stereocenters. The van der Waals surface area contributed by atoms with Crippen molar-refractivity contribution in [2.45, 2.75) is 0 Å². The molecule has 0 rings (SSSR count). The zero-order valence-electron chi connectivity index (χ0n) is 10.1. The Bertz CT molecular complexity index is 237. The first-order chi connectivity index (χ1) is 7.86. The molecule has 0 aliphatic heterocycles. The number of nitrogens with zero attached hydrogens (tertiary/aromatic N) is 2. The summed E-state index contributed by atoms with van der Waals surface area (Å²) in [5, 5.41) is 0. The molecular formula is C9H16Cl2N2S4. The molecular weight excluding hydrogens is 335 g/mol. The summed E-state index contributed by atoms with van der Waals surface area (Å²) in [4.78, 5) is 3.79. The molecule has 17 heavy (non-hydrogen) atoms. The van der Waals surface area contributed by atoms with Gasteiger partial charge >= 0.3 is 0 Å². The quantitative estimate of drug-likeness (QED) is 0.397. The molecule has 0 spiro atoms. The fourth-order valence-electron chi connectivity index (χ4n) is 0.254. The van der Waals surface area contributed by atoms with Crippen molar-refractivity contribution in [3.05, 3.63) is 11.6 Å². The number of thiocarbonyl (C=S) groups is 2. The predicted molar refractivity (Wildman–Crippen MR) is 93.5 cm³/mol. The minimum atomic E-state index is 0.503. The number of hydrogen-bond donors (Lipinski definition) is 0. The second-order valence-electron chi connectivity index (χ2n) is 3.00. The van der Waals surface area contributed by atoms with Crippen LogP contribution in [0.25, 0.3) is 0 Å². The second-order valence-corrected chi connectivity index (χ2v) is 6.96. The average Bonchev–Trinajstić information content (AvgIpc) is 2.26. The van der Waals surface area contributed by atoms with E-state index in [1.807, 2.05) is 38.0 Å². The van der Waals surface area contributed by atoms with Crippen molar-refractivity contribution in [2.24, 2.45) is 0 Å². The highest BCUT2D eigenvalue weighted by atomic mass is 35.5. The standard InChI is InChI=1S/C6H12N2S4.C3H4Cl2/c1-7(2)5(9)11-12-6(10)8(3)4;4-2-1-3-5/h1-4H3;1-2H,3H2. The van der Waals surface area contributed by atoms with E-state index in [4.69, 9.17) is 47.6 Å². The zero-order valence-corrected chi connectivity index (χ0v) is 14.9. The lowest BCUT2D eigenvalue weighted by molar-refractivity contribution is 0.647. The van der Waals surface area contributed by atoms with Gasteiger partial charge in [-0.2, -0.15) is 0 Å². The number of allylic oxidation sites excluding steroid dienone is 1. The molecule has 0 aliphatic carbocycles. The highest BCUT2D eigenvalue weighted by Gasteiger charge is 2.04. The Morgan fingerprint density at radius 1 is 1.06 bits per heavy atom. The summed E-state index contributed by atoms with van der Waals surface area (Å²) < 4.78 is 1.67. The fraction of sp³-hybridized carbons (Fsp3) is 0.556. The minimum absolute atomic E-state index is 0.503. The van der Waals surface area contributed by atoms with Crippen LogP contribution in [-0.2, 0) is 0 Å². The summed E-state index contributed by atoms with van der Waals surface area (Å²) >= 11 is 20.3. The van der Waals surface area contributed by atoms with Gasteiger partial charge in [0.25, 0.3) is 0 Å². The van der Waals surface area contributed by atoms with Gasteiger partial charge in [-0.15, -0.1) is 11.6 Å². The molecule has 0 aliphatic rings. The fourth-order valence-corrected chi connectivity index (χ4v) is 2.90. The molecule has 0 N–H and O–H groups in total. The van der Waals surface area contributed by atoms with Gasteiger partial charge in [0.05, 0.1) is 0 Å². The van der Waals surface area contributed by atoms with Crippen LogP contribution in [0.4, 0.5) is 0 Å². The van der Waals surface area contributed by atoms with Gasteiger partial charge in [-0.25, -0.2) is 0 Å². The van der Waals surface area contributed by atoms with Gasteiger partial charge in [-0.3, -0.25) is 0 Å². The average molecular weight is 351 g/mol. The first-order valence-corrected chi connectivity index (χ1v) is 8.38. The largest absolute Gasteiger partial charge is 0.363 e. The summed E-state index contributed by atoms with van der Waals surface area (Å²) in [6, 6.07) is 0. The Morgan fingerprint density at radius 2 is 1.41 bits per heavy atom. The summed E-state index contributed by atoms with van der Waals surface area (Å²) in [5.41, 5.74) is 1.40. The molecule has 0 aromatic carbocycles. The molecule has 0 bridgehead atoms. The van der Waals surface area contributed by atoms with Gasteiger partial charge in [-0.05, 0) is 21.6 Å². The van der Waals surface area contributed by atoms with E-state index < -0.39 is 0 Å². The molecule has 0 radical (unpaired) electrons. The molecule has 0 heterocycles. The van der Waals surface area contributed by atoms with E-state index in [1.165, 1.54) is 27.1 Å². The lowest BCUT2D eigenvalue weighted by atomic mass is 10.8. The van der Waals surface area contributed by atoms with Crippen molar-refractivity contribution in [1.82, 2.24) is 9.80 Å². The van der Waals surface area contributed by atoms with Gasteiger partial charge < -0.3 is 9.80 Å². The Morgan fingerprint density at radius 3 is 1.53 bits per heavy atom. The van der Waals surface area contributed by atoms with Crippen LogP contribution in [-0.4, -0.2) is 52.5 Å². The third-order valence-corrected chi connectivity index (χ3v) is 5.61. The smallest absolute Gasteiger partial charge is 0.146 e. The number of rotatable bonds is 1. The van der Waals surface area contributed by atoms with E-state index in [1.54, 1.807) is 6.08 Å². The molecule has 0 unspecified atom stereocenters. The third kappa shape index (κ3) is 14.7. The first kappa shape index (κ1) is 20.1. The van der Waals surface area contributed by atoms with E-state index in [9.17, 15) is 0 Å². The maximum absolute atomic E-state index is 5.13. The lowest BCUT2D eigenvalue weighted by Crippen LogP contribution is -2.18. The Balaban J connectivity index is 0. The van der Waals surface area contributed by atoms with Crippen LogP contribution in [0.15, 0.2) is 11.6 Å². The van der Waals surface area contributed by atoms with Crippen molar-refractivity contribution < 1.29 is 0 Å². The van der Waals surface area contributed by atoms with Crippen molar-refractivity contribution in [3.8, 4) is 0 Å². The second kappa shape index (κ2) is 13.2. The molecule has 8 heteroatoms. The zero-order chi connectivity index (χ0) is 13.8. The van der Waals surface area contributed by atoms with Crippen LogP contribution >= 0.6 is 69.2 Å². The molecule has 100 valence electrons. The molecule has 0 saturated heterocycles. The molecule has 0 fully saturated rings. The van der Waals surface area contributed by atoms with E-state index in [-0.39, 0.29) is 0 Å². The van der Waals surface area contributed by atoms with Gasteiger partial charge in [0.15, 0.2) is 0 Å². The maximum atomic E-state index is 5.13. The van der Waals surface area contributed by atoms with E-state index in [2.05, 4.69) is 0 Å². The SMILES string of the molecule is CN(C)C(=S)SSC(=S)N(C)C.ClC=CCCl. The molecule has 0 aromatic rings. The molecule has 0 aromatic heterocycles. The number of alkyl halides is 1. The molecule has 2 nitrogen and oxygen atoms in total. The van der Waals surface area contributed by atoms with Crippen molar-refractivity contribution >= 4 is 77.9 Å².